The zero-order valence-electron chi connectivity index (χ0n) is 15.0. The number of likely N-dealkylation sites (tertiary alicyclic amines) is 1. The fourth-order valence-corrected chi connectivity index (χ4v) is 3.24. The van der Waals surface area contributed by atoms with Crippen LogP contribution in [0, 0.1) is 17.7 Å². The minimum Gasteiger partial charge on any atom is -0.356 e. The van der Waals surface area contributed by atoms with E-state index in [2.05, 4.69) is 20.5 Å². The first-order valence-electron chi connectivity index (χ1n) is 9.15. The lowest BCUT2D eigenvalue weighted by atomic mass is 9.96. The van der Waals surface area contributed by atoms with Crippen molar-refractivity contribution in [1.29, 1.82) is 0 Å². The van der Waals surface area contributed by atoms with E-state index in [4.69, 9.17) is 0 Å². The van der Waals surface area contributed by atoms with Crippen LogP contribution in [0.3, 0.4) is 0 Å². The van der Waals surface area contributed by atoms with Crippen molar-refractivity contribution in [2.24, 2.45) is 16.8 Å². The van der Waals surface area contributed by atoms with Gasteiger partial charge in [-0.05, 0) is 56.7 Å². The Morgan fingerprint density at radius 1 is 1.08 bits per heavy atom. The summed E-state index contributed by atoms with van der Waals surface area (Å²) >= 11 is 0. The monoisotopic (exact) mass is 460 g/mol. The van der Waals surface area contributed by atoms with Crippen molar-refractivity contribution in [2.75, 3.05) is 33.2 Å². The molecule has 1 aliphatic heterocycles. The maximum absolute atomic E-state index is 13.7. The van der Waals surface area contributed by atoms with E-state index in [1.165, 1.54) is 12.8 Å². The predicted octanol–water partition coefficient (Wildman–Crippen LogP) is 3.23. The minimum atomic E-state index is -0.0909. The Bertz CT molecular complexity index is 554. The molecule has 2 N–H and O–H groups in total. The van der Waals surface area contributed by atoms with Gasteiger partial charge in [0.1, 0.15) is 5.82 Å². The van der Waals surface area contributed by atoms with Gasteiger partial charge in [-0.1, -0.05) is 18.2 Å². The van der Waals surface area contributed by atoms with E-state index in [-0.39, 0.29) is 29.8 Å². The molecular formula is C19H30FIN4. The molecule has 1 aromatic rings. The second-order valence-corrected chi connectivity index (χ2v) is 7.09. The average Bonchev–Trinajstić information content (AvgIpc) is 3.43. The Morgan fingerprint density at radius 3 is 2.24 bits per heavy atom. The van der Waals surface area contributed by atoms with Gasteiger partial charge >= 0.3 is 0 Å². The highest BCUT2D eigenvalue weighted by atomic mass is 127. The number of benzene rings is 1. The number of guanidine groups is 1. The minimum absolute atomic E-state index is 0. The van der Waals surface area contributed by atoms with Crippen LogP contribution in [-0.2, 0) is 6.54 Å². The van der Waals surface area contributed by atoms with E-state index in [0.29, 0.717) is 5.92 Å². The van der Waals surface area contributed by atoms with Gasteiger partial charge in [0.25, 0.3) is 0 Å². The number of nitrogens with one attached hydrogen (secondary N) is 2. The summed E-state index contributed by atoms with van der Waals surface area (Å²) in [7, 11) is 1.83. The number of piperidine rings is 1. The molecule has 1 aromatic carbocycles. The lowest BCUT2D eigenvalue weighted by molar-refractivity contribution is 0.176. The summed E-state index contributed by atoms with van der Waals surface area (Å²) in [4.78, 5) is 6.65. The SMILES string of the molecule is CN=C(NCC1CC1)NCC1CCN(Cc2ccccc2F)CC1.I. The molecule has 3 rings (SSSR count). The highest BCUT2D eigenvalue weighted by molar-refractivity contribution is 14.0. The Balaban J connectivity index is 0.00000225. The maximum atomic E-state index is 13.7. The number of hydrogen-bond acceptors (Lipinski definition) is 2. The van der Waals surface area contributed by atoms with E-state index in [9.17, 15) is 4.39 Å². The molecule has 0 amide bonds. The Kier molecular flexibility index (Phi) is 8.42. The number of rotatable bonds is 6. The van der Waals surface area contributed by atoms with Gasteiger partial charge in [0.05, 0.1) is 0 Å². The highest BCUT2D eigenvalue weighted by Crippen LogP contribution is 2.27. The standard InChI is InChI=1S/C19H29FN4.HI/c1-21-19(22-12-15-6-7-15)23-13-16-8-10-24(11-9-16)14-17-4-2-3-5-18(17)20;/h2-5,15-16H,6-14H2,1H3,(H2,21,22,23);1H. The molecule has 1 aliphatic carbocycles. The predicted molar refractivity (Wildman–Crippen MR) is 112 cm³/mol. The molecule has 0 spiro atoms. The molecule has 0 bridgehead atoms. The molecule has 2 fully saturated rings. The van der Waals surface area contributed by atoms with Crippen LogP contribution in [0.4, 0.5) is 4.39 Å². The Morgan fingerprint density at radius 2 is 1.68 bits per heavy atom. The zero-order chi connectivity index (χ0) is 16.8. The molecule has 2 aliphatic rings. The molecule has 25 heavy (non-hydrogen) atoms. The second-order valence-electron chi connectivity index (χ2n) is 7.09. The van der Waals surface area contributed by atoms with Gasteiger partial charge < -0.3 is 10.6 Å². The quantitative estimate of drug-likeness (QED) is 0.389. The van der Waals surface area contributed by atoms with Gasteiger partial charge in [-0.25, -0.2) is 4.39 Å². The number of halogens is 2. The van der Waals surface area contributed by atoms with Crippen molar-refractivity contribution < 1.29 is 4.39 Å². The van der Waals surface area contributed by atoms with Crippen LogP contribution in [0.2, 0.25) is 0 Å². The van der Waals surface area contributed by atoms with E-state index >= 15 is 0 Å². The average molecular weight is 460 g/mol. The van der Waals surface area contributed by atoms with Gasteiger partial charge in [-0.2, -0.15) is 0 Å². The van der Waals surface area contributed by atoms with Gasteiger partial charge in [-0.3, -0.25) is 9.89 Å². The van der Waals surface area contributed by atoms with Crippen LogP contribution in [0.25, 0.3) is 0 Å². The smallest absolute Gasteiger partial charge is 0.190 e. The van der Waals surface area contributed by atoms with Crippen LogP contribution < -0.4 is 10.6 Å². The lowest BCUT2D eigenvalue weighted by Crippen LogP contribution is -2.43. The molecule has 140 valence electrons. The molecule has 0 unspecified atom stereocenters. The molecule has 1 heterocycles. The summed E-state index contributed by atoms with van der Waals surface area (Å²) in [6.45, 7) is 4.81. The normalized spacial score (nSPS) is 19.4. The van der Waals surface area contributed by atoms with Crippen molar-refractivity contribution >= 4 is 29.9 Å². The van der Waals surface area contributed by atoms with Crippen molar-refractivity contribution in [3.63, 3.8) is 0 Å². The number of nitrogens with zero attached hydrogens (tertiary/aromatic N) is 2. The molecule has 1 saturated heterocycles. The summed E-state index contributed by atoms with van der Waals surface area (Å²) in [5, 5.41) is 6.86. The fourth-order valence-electron chi connectivity index (χ4n) is 3.24. The van der Waals surface area contributed by atoms with Gasteiger partial charge in [0.2, 0.25) is 0 Å². The van der Waals surface area contributed by atoms with Crippen LogP contribution in [0.1, 0.15) is 31.2 Å². The third kappa shape index (κ3) is 6.73. The fraction of sp³-hybridized carbons (Fsp3) is 0.632. The van der Waals surface area contributed by atoms with E-state index in [1.54, 1.807) is 12.1 Å². The second kappa shape index (κ2) is 10.3. The molecule has 6 heteroatoms. The van der Waals surface area contributed by atoms with Gasteiger partial charge in [-0.15, -0.1) is 24.0 Å². The molecule has 0 aromatic heterocycles. The van der Waals surface area contributed by atoms with Gasteiger partial charge in [0.15, 0.2) is 5.96 Å². The van der Waals surface area contributed by atoms with Crippen LogP contribution >= 0.6 is 24.0 Å². The third-order valence-electron chi connectivity index (χ3n) is 5.10. The van der Waals surface area contributed by atoms with Crippen molar-refractivity contribution in [2.45, 2.75) is 32.2 Å². The highest BCUT2D eigenvalue weighted by Gasteiger charge is 2.22. The van der Waals surface area contributed by atoms with Crippen molar-refractivity contribution in [1.82, 2.24) is 15.5 Å². The van der Waals surface area contributed by atoms with Crippen LogP contribution in [0.15, 0.2) is 29.3 Å². The molecular weight excluding hydrogens is 430 g/mol. The Labute approximate surface area is 167 Å². The molecule has 1 saturated carbocycles. The first-order chi connectivity index (χ1) is 11.7. The maximum Gasteiger partial charge on any atom is 0.190 e. The first-order valence-corrected chi connectivity index (χ1v) is 9.15. The van der Waals surface area contributed by atoms with E-state index in [1.807, 2.05) is 19.2 Å². The summed E-state index contributed by atoms with van der Waals surface area (Å²) in [6.07, 6.45) is 5.01. The number of hydrogen-bond donors (Lipinski definition) is 2. The van der Waals surface area contributed by atoms with Crippen molar-refractivity contribution in [3.05, 3.63) is 35.6 Å². The van der Waals surface area contributed by atoms with Crippen molar-refractivity contribution in [3.8, 4) is 0 Å². The van der Waals surface area contributed by atoms with Crippen LogP contribution in [-0.4, -0.2) is 44.1 Å². The third-order valence-corrected chi connectivity index (χ3v) is 5.10. The topological polar surface area (TPSA) is 39.7 Å². The Hall–Kier alpha value is -0.890. The lowest BCUT2D eigenvalue weighted by Gasteiger charge is -2.32. The summed E-state index contributed by atoms with van der Waals surface area (Å²) < 4.78 is 13.7. The largest absolute Gasteiger partial charge is 0.356 e. The molecule has 4 nitrogen and oxygen atoms in total. The van der Waals surface area contributed by atoms with Crippen LogP contribution in [0.5, 0.6) is 0 Å². The summed E-state index contributed by atoms with van der Waals surface area (Å²) in [5.41, 5.74) is 0.804. The number of aliphatic imine (C=N–C) groups is 1. The zero-order valence-corrected chi connectivity index (χ0v) is 17.3. The summed E-state index contributed by atoms with van der Waals surface area (Å²) in [5.74, 6) is 2.36. The van der Waals surface area contributed by atoms with E-state index in [0.717, 1.165) is 63.0 Å². The molecule has 0 atom stereocenters. The first kappa shape index (κ1) is 20.4. The van der Waals surface area contributed by atoms with E-state index < -0.39 is 0 Å². The molecule has 0 radical (unpaired) electrons. The van der Waals surface area contributed by atoms with Gasteiger partial charge in [0, 0.05) is 32.2 Å². The summed E-state index contributed by atoms with van der Waals surface area (Å²) in [6, 6.07) is 7.10.